The Morgan fingerprint density at radius 1 is 1.32 bits per heavy atom. The van der Waals surface area contributed by atoms with Crippen LogP contribution in [-0.4, -0.2) is 60.2 Å². The molecule has 104 valence electrons. The van der Waals surface area contributed by atoms with E-state index in [0.717, 1.165) is 26.2 Å². The van der Waals surface area contributed by atoms with Gasteiger partial charge < -0.3 is 14.5 Å². The Labute approximate surface area is 113 Å². The van der Waals surface area contributed by atoms with Gasteiger partial charge in [-0.3, -0.25) is 0 Å². The molecule has 1 aromatic heterocycles. The van der Waals surface area contributed by atoms with Crippen LogP contribution >= 0.6 is 0 Å². The summed E-state index contributed by atoms with van der Waals surface area (Å²) in [6, 6.07) is 1.59. The second-order valence-electron chi connectivity index (χ2n) is 4.99. The van der Waals surface area contributed by atoms with Crippen LogP contribution in [0.2, 0.25) is 0 Å². The van der Waals surface area contributed by atoms with E-state index in [4.69, 9.17) is 4.74 Å². The van der Waals surface area contributed by atoms with Gasteiger partial charge in [0.2, 0.25) is 5.95 Å². The van der Waals surface area contributed by atoms with E-state index in [2.05, 4.69) is 26.8 Å². The first-order valence-electron chi connectivity index (χ1n) is 6.54. The number of piperazine rings is 1. The summed E-state index contributed by atoms with van der Waals surface area (Å²) in [4.78, 5) is 24.7. The van der Waals surface area contributed by atoms with E-state index in [-0.39, 0.29) is 6.10 Å². The molecule has 0 unspecified atom stereocenters. The van der Waals surface area contributed by atoms with Gasteiger partial charge in [-0.25, -0.2) is 14.8 Å². The van der Waals surface area contributed by atoms with Gasteiger partial charge in [0.05, 0.1) is 6.10 Å². The number of rotatable bonds is 3. The van der Waals surface area contributed by atoms with E-state index in [1.165, 1.54) is 0 Å². The van der Waals surface area contributed by atoms with Gasteiger partial charge in [-0.2, -0.15) is 0 Å². The average Bonchev–Trinajstić information content (AvgIpc) is 2.39. The van der Waals surface area contributed by atoms with Crippen LogP contribution in [0.25, 0.3) is 0 Å². The molecular formula is C13H20N4O2. The molecule has 0 spiro atoms. The third kappa shape index (κ3) is 3.64. The largest absolute Gasteiger partial charge is 0.458 e. The molecular weight excluding hydrogens is 244 g/mol. The zero-order valence-electron chi connectivity index (χ0n) is 11.7. The minimum Gasteiger partial charge on any atom is -0.458 e. The number of nitrogens with zero attached hydrogens (tertiary/aromatic N) is 4. The molecule has 19 heavy (non-hydrogen) atoms. The Bertz CT molecular complexity index is 442. The van der Waals surface area contributed by atoms with Crippen molar-refractivity contribution in [2.45, 2.75) is 20.0 Å². The van der Waals surface area contributed by atoms with E-state index in [9.17, 15) is 4.79 Å². The van der Waals surface area contributed by atoms with Gasteiger partial charge in [0.25, 0.3) is 0 Å². The molecule has 0 atom stereocenters. The van der Waals surface area contributed by atoms with E-state index < -0.39 is 5.97 Å². The minimum absolute atomic E-state index is 0.144. The Morgan fingerprint density at radius 3 is 2.63 bits per heavy atom. The maximum Gasteiger partial charge on any atom is 0.357 e. The lowest BCUT2D eigenvalue weighted by Crippen LogP contribution is -2.45. The molecule has 0 saturated carbocycles. The summed E-state index contributed by atoms with van der Waals surface area (Å²) in [5.41, 5.74) is 0.317. The summed E-state index contributed by atoms with van der Waals surface area (Å²) in [5, 5.41) is 0. The topological polar surface area (TPSA) is 58.6 Å². The summed E-state index contributed by atoms with van der Waals surface area (Å²) >= 11 is 0. The zero-order valence-corrected chi connectivity index (χ0v) is 11.7. The average molecular weight is 264 g/mol. The van der Waals surface area contributed by atoms with Gasteiger partial charge in [-0.05, 0) is 27.0 Å². The smallest absolute Gasteiger partial charge is 0.357 e. The zero-order chi connectivity index (χ0) is 13.8. The third-order valence-electron chi connectivity index (χ3n) is 2.98. The summed E-state index contributed by atoms with van der Waals surface area (Å²) in [6.07, 6.45) is 1.46. The molecule has 0 aromatic carbocycles. The normalized spacial score (nSPS) is 16.7. The molecule has 0 bridgehead atoms. The van der Waals surface area contributed by atoms with Crippen molar-refractivity contribution in [3.05, 3.63) is 18.0 Å². The molecule has 2 heterocycles. The molecule has 0 radical (unpaired) electrons. The van der Waals surface area contributed by atoms with Crippen LogP contribution in [-0.2, 0) is 4.74 Å². The van der Waals surface area contributed by atoms with Crippen LogP contribution < -0.4 is 4.90 Å². The summed E-state index contributed by atoms with van der Waals surface area (Å²) in [6.45, 7) is 7.34. The number of ether oxygens (including phenoxy) is 1. The van der Waals surface area contributed by atoms with Gasteiger partial charge in [0, 0.05) is 32.4 Å². The van der Waals surface area contributed by atoms with E-state index in [1.54, 1.807) is 12.3 Å². The Kier molecular flexibility index (Phi) is 4.31. The highest BCUT2D eigenvalue weighted by Crippen LogP contribution is 2.11. The number of hydrogen-bond donors (Lipinski definition) is 0. The number of hydrogen-bond acceptors (Lipinski definition) is 6. The van der Waals surface area contributed by atoms with Crippen LogP contribution in [0, 0.1) is 0 Å². The third-order valence-corrected chi connectivity index (χ3v) is 2.98. The number of aromatic nitrogens is 2. The summed E-state index contributed by atoms with van der Waals surface area (Å²) in [5.74, 6) is 0.207. The van der Waals surface area contributed by atoms with Crippen LogP contribution in [0.1, 0.15) is 24.3 Å². The molecule has 0 aliphatic carbocycles. The predicted octanol–water partition coefficient (Wildman–Crippen LogP) is 0.794. The molecule has 2 rings (SSSR count). The van der Waals surface area contributed by atoms with Crippen molar-refractivity contribution in [1.82, 2.24) is 14.9 Å². The van der Waals surface area contributed by atoms with Crippen LogP contribution in [0.3, 0.4) is 0 Å². The van der Waals surface area contributed by atoms with Gasteiger partial charge in [-0.15, -0.1) is 0 Å². The fourth-order valence-corrected chi connectivity index (χ4v) is 1.90. The molecule has 1 fully saturated rings. The van der Waals surface area contributed by atoms with Crippen LogP contribution in [0.15, 0.2) is 12.3 Å². The maximum atomic E-state index is 11.8. The van der Waals surface area contributed by atoms with Crippen molar-refractivity contribution in [1.29, 1.82) is 0 Å². The highest BCUT2D eigenvalue weighted by Gasteiger charge is 2.18. The van der Waals surface area contributed by atoms with E-state index >= 15 is 0 Å². The van der Waals surface area contributed by atoms with Crippen molar-refractivity contribution in [3.8, 4) is 0 Å². The van der Waals surface area contributed by atoms with E-state index in [1.807, 2.05) is 13.8 Å². The molecule has 1 saturated heterocycles. The number of carbonyl (C=O) groups excluding carboxylic acids is 1. The van der Waals surface area contributed by atoms with Crippen molar-refractivity contribution in [2.24, 2.45) is 0 Å². The number of carbonyl (C=O) groups is 1. The van der Waals surface area contributed by atoms with Crippen molar-refractivity contribution in [2.75, 3.05) is 38.1 Å². The molecule has 1 aliphatic heterocycles. The first kappa shape index (κ1) is 13.7. The molecule has 0 N–H and O–H groups in total. The number of likely N-dealkylation sites (N-methyl/N-ethyl adjacent to an activating group) is 1. The van der Waals surface area contributed by atoms with Crippen LogP contribution in [0.4, 0.5) is 5.95 Å². The lowest BCUT2D eigenvalue weighted by atomic mass is 10.3. The number of esters is 1. The van der Waals surface area contributed by atoms with Crippen LogP contribution in [0.5, 0.6) is 0 Å². The Balaban J connectivity index is 2.08. The second-order valence-corrected chi connectivity index (χ2v) is 4.99. The van der Waals surface area contributed by atoms with E-state index in [0.29, 0.717) is 11.6 Å². The lowest BCUT2D eigenvalue weighted by Gasteiger charge is -2.32. The Hall–Kier alpha value is -1.69. The predicted molar refractivity (Wildman–Crippen MR) is 72.3 cm³/mol. The molecule has 6 heteroatoms. The molecule has 6 nitrogen and oxygen atoms in total. The van der Waals surface area contributed by atoms with Crippen molar-refractivity contribution < 1.29 is 9.53 Å². The van der Waals surface area contributed by atoms with Gasteiger partial charge in [0.1, 0.15) is 0 Å². The van der Waals surface area contributed by atoms with Crippen molar-refractivity contribution in [3.63, 3.8) is 0 Å². The monoisotopic (exact) mass is 264 g/mol. The Morgan fingerprint density at radius 2 is 2.00 bits per heavy atom. The van der Waals surface area contributed by atoms with Gasteiger partial charge >= 0.3 is 5.97 Å². The van der Waals surface area contributed by atoms with Crippen molar-refractivity contribution >= 4 is 11.9 Å². The van der Waals surface area contributed by atoms with Gasteiger partial charge in [0.15, 0.2) is 5.69 Å². The number of anilines is 1. The standard InChI is InChI=1S/C13H20N4O2/c1-10(2)19-12(18)11-4-5-14-13(15-11)17-8-6-16(3)7-9-17/h4-5,10H,6-9H2,1-3H3. The SMILES string of the molecule is CC(C)OC(=O)c1ccnc(N2CCN(C)CC2)n1. The minimum atomic E-state index is -0.396. The maximum absolute atomic E-state index is 11.8. The lowest BCUT2D eigenvalue weighted by molar-refractivity contribution is 0.0370. The highest BCUT2D eigenvalue weighted by atomic mass is 16.5. The fraction of sp³-hybridized carbons (Fsp3) is 0.615. The molecule has 1 aliphatic rings. The summed E-state index contributed by atoms with van der Waals surface area (Å²) in [7, 11) is 2.09. The fourth-order valence-electron chi connectivity index (χ4n) is 1.90. The highest BCUT2D eigenvalue weighted by molar-refractivity contribution is 5.87. The quantitative estimate of drug-likeness (QED) is 0.752. The first-order chi connectivity index (χ1) is 9.06. The molecule has 1 aromatic rings. The molecule has 0 amide bonds. The second kappa shape index (κ2) is 5.97. The van der Waals surface area contributed by atoms with Gasteiger partial charge in [-0.1, -0.05) is 0 Å². The first-order valence-corrected chi connectivity index (χ1v) is 6.54. The summed E-state index contributed by atoms with van der Waals surface area (Å²) < 4.78 is 5.14.